The molecule has 108 valence electrons. The standard InChI is InChI=1S/C14H26N4S/c1-4-7-15-9-12-6-5-8-18(10-12)14-16-13(11(2)3)17-19-14/h11-12,15H,4-10H2,1-3H3. The molecule has 1 fully saturated rings. The van der Waals surface area contributed by atoms with Crippen molar-refractivity contribution in [1.82, 2.24) is 14.7 Å². The fourth-order valence-corrected chi connectivity index (χ4v) is 3.32. The highest BCUT2D eigenvalue weighted by molar-refractivity contribution is 7.09. The molecule has 1 aromatic rings. The molecular formula is C14H26N4S. The lowest BCUT2D eigenvalue weighted by Gasteiger charge is -2.32. The van der Waals surface area contributed by atoms with Crippen molar-refractivity contribution in [3.8, 4) is 0 Å². The summed E-state index contributed by atoms with van der Waals surface area (Å²) < 4.78 is 4.46. The first kappa shape index (κ1) is 14.7. The van der Waals surface area contributed by atoms with Crippen LogP contribution in [0, 0.1) is 5.92 Å². The Kier molecular flexibility index (Phi) is 5.58. The van der Waals surface area contributed by atoms with Gasteiger partial charge in [-0.3, -0.25) is 0 Å². The molecule has 0 aromatic carbocycles. The minimum atomic E-state index is 0.428. The first-order chi connectivity index (χ1) is 9.20. The van der Waals surface area contributed by atoms with Gasteiger partial charge in [0, 0.05) is 30.5 Å². The summed E-state index contributed by atoms with van der Waals surface area (Å²) in [6.07, 6.45) is 3.82. The van der Waals surface area contributed by atoms with Crippen molar-refractivity contribution in [1.29, 1.82) is 0 Å². The lowest BCUT2D eigenvalue weighted by atomic mass is 9.98. The minimum Gasteiger partial charge on any atom is -0.347 e. The topological polar surface area (TPSA) is 41.0 Å². The van der Waals surface area contributed by atoms with E-state index in [0.29, 0.717) is 5.92 Å². The Morgan fingerprint density at radius 2 is 2.32 bits per heavy atom. The van der Waals surface area contributed by atoms with E-state index in [1.165, 1.54) is 19.3 Å². The van der Waals surface area contributed by atoms with Gasteiger partial charge in [0.1, 0.15) is 5.82 Å². The number of anilines is 1. The second kappa shape index (κ2) is 7.20. The van der Waals surface area contributed by atoms with Crippen molar-refractivity contribution in [3.05, 3.63) is 5.82 Å². The van der Waals surface area contributed by atoms with Crippen molar-refractivity contribution >= 4 is 16.7 Å². The van der Waals surface area contributed by atoms with Gasteiger partial charge in [0.2, 0.25) is 5.13 Å². The van der Waals surface area contributed by atoms with Crippen LogP contribution in [0.3, 0.4) is 0 Å². The molecule has 1 aliphatic heterocycles. The van der Waals surface area contributed by atoms with Crippen LogP contribution in [0.15, 0.2) is 0 Å². The van der Waals surface area contributed by atoms with Crippen LogP contribution in [-0.2, 0) is 0 Å². The first-order valence-electron chi connectivity index (χ1n) is 7.50. The van der Waals surface area contributed by atoms with Crippen molar-refractivity contribution in [2.45, 2.75) is 46.0 Å². The van der Waals surface area contributed by atoms with E-state index in [1.54, 1.807) is 11.5 Å². The number of piperidine rings is 1. The third-order valence-electron chi connectivity index (χ3n) is 3.60. The molecule has 1 unspecified atom stereocenters. The summed E-state index contributed by atoms with van der Waals surface area (Å²) in [6.45, 7) is 11.1. The molecule has 2 heterocycles. The largest absolute Gasteiger partial charge is 0.347 e. The molecule has 5 heteroatoms. The predicted octanol–water partition coefficient (Wildman–Crippen LogP) is 2.88. The molecule has 0 amide bonds. The van der Waals surface area contributed by atoms with Gasteiger partial charge in [-0.05, 0) is 38.3 Å². The highest BCUT2D eigenvalue weighted by Crippen LogP contribution is 2.26. The van der Waals surface area contributed by atoms with E-state index in [-0.39, 0.29) is 0 Å². The molecule has 0 aliphatic carbocycles. The van der Waals surface area contributed by atoms with Crippen LogP contribution < -0.4 is 10.2 Å². The van der Waals surface area contributed by atoms with Crippen molar-refractivity contribution < 1.29 is 0 Å². The molecule has 0 radical (unpaired) electrons. The number of nitrogens with one attached hydrogen (secondary N) is 1. The summed E-state index contributed by atoms with van der Waals surface area (Å²) in [5.41, 5.74) is 0. The van der Waals surface area contributed by atoms with Gasteiger partial charge in [-0.15, -0.1) is 0 Å². The van der Waals surface area contributed by atoms with Crippen molar-refractivity contribution in [2.75, 3.05) is 31.1 Å². The van der Waals surface area contributed by atoms with E-state index >= 15 is 0 Å². The van der Waals surface area contributed by atoms with E-state index in [4.69, 9.17) is 0 Å². The van der Waals surface area contributed by atoms with Crippen LogP contribution in [0.25, 0.3) is 0 Å². The second-order valence-electron chi connectivity index (χ2n) is 5.75. The Balaban J connectivity index is 1.88. The maximum absolute atomic E-state index is 4.68. The molecule has 1 aromatic heterocycles. The normalized spacial score (nSPS) is 20.2. The Labute approximate surface area is 120 Å². The second-order valence-corrected chi connectivity index (χ2v) is 6.48. The molecule has 19 heavy (non-hydrogen) atoms. The van der Waals surface area contributed by atoms with Crippen LogP contribution in [0.4, 0.5) is 5.13 Å². The lowest BCUT2D eigenvalue weighted by molar-refractivity contribution is 0.392. The summed E-state index contributed by atoms with van der Waals surface area (Å²) in [7, 11) is 0. The van der Waals surface area contributed by atoms with Gasteiger partial charge in [0.15, 0.2) is 0 Å². The average molecular weight is 282 g/mol. The highest BCUT2D eigenvalue weighted by atomic mass is 32.1. The van der Waals surface area contributed by atoms with E-state index in [0.717, 1.165) is 43.1 Å². The quantitative estimate of drug-likeness (QED) is 0.815. The Hall–Kier alpha value is -0.680. The summed E-state index contributed by atoms with van der Waals surface area (Å²) in [6, 6.07) is 0. The fourth-order valence-electron chi connectivity index (χ4n) is 2.48. The molecule has 0 bridgehead atoms. The monoisotopic (exact) mass is 282 g/mol. The minimum absolute atomic E-state index is 0.428. The Morgan fingerprint density at radius 1 is 1.47 bits per heavy atom. The average Bonchev–Trinajstić information content (AvgIpc) is 2.89. The van der Waals surface area contributed by atoms with E-state index < -0.39 is 0 Å². The van der Waals surface area contributed by atoms with E-state index in [2.05, 4.69) is 40.3 Å². The predicted molar refractivity (Wildman–Crippen MR) is 82.1 cm³/mol. The zero-order valence-electron chi connectivity index (χ0n) is 12.4. The summed E-state index contributed by atoms with van der Waals surface area (Å²) in [5, 5.41) is 4.66. The number of hydrogen-bond donors (Lipinski definition) is 1. The first-order valence-corrected chi connectivity index (χ1v) is 8.27. The van der Waals surface area contributed by atoms with Gasteiger partial charge < -0.3 is 10.2 Å². The summed E-state index contributed by atoms with van der Waals surface area (Å²) >= 11 is 1.56. The summed E-state index contributed by atoms with van der Waals surface area (Å²) in [4.78, 5) is 7.10. The molecule has 1 atom stereocenters. The molecule has 4 nitrogen and oxygen atoms in total. The lowest BCUT2D eigenvalue weighted by Crippen LogP contribution is -2.39. The molecule has 1 aliphatic rings. The number of aromatic nitrogens is 2. The van der Waals surface area contributed by atoms with Crippen LogP contribution >= 0.6 is 11.5 Å². The molecule has 1 N–H and O–H groups in total. The van der Waals surface area contributed by atoms with Gasteiger partial charge in [-0.25, -0.2) is 4.98 Å². The SMILES string of the molecule is CCCNCC1CCCN(c2nc(C(C)C)ns2)C1. The van der Waals surface area contributed by atoms with Crippen LogP contribution in [0.2, 0.25) is 0 Å². The van der Waals surface area contributed by atoms with E-state index in [9.17, 15) is 0 Å². The maximum Gasteiger partial charge on any atom is 0.205 e. The van der Waals surface area contributed by atoms with Gasteiger partial charge in [-0.1, -0.05) is 20.8 Å². The number of rotatable bonds is 6. The number of hydrogen-bond acceptors (Lipinski definition) is 5. The van der Waals surface area contributed by atoms with Crippen LogP contribution in [-0.4, -0.2) is 35.5 Å². The molecule has 2 rings (SSSR count). The third-order valence-corrected chi connectivity index (χ3v) is 4.39. The smallest absolute Gasteiger partial charge is 0.205 e. The Morgan fingerprint density at radius 3 is 3.00 bits per heavy atom. The molecular weight excluding hydrogens is 256 g/mol. The molecule has 0 spiro atoms. The van der Waals surface area contributed by atoms with E-state index in [1.807, 2.05) is 0 Å². The molecule has 0 saturated carbocycles. The van der Waals surface area contributed by atoms with Crippen LogP contribution in [0.5, 0.6) is 0 Å². The number of nitrogens with zero attached hydrogens (tertiary/aromatic N) is 3. The fraction of sp³-hybridized carbons (Fsp3) is 0.857. The zero-order chi connectivity index (χ0) is 13.7. The Bertz CT molecular complexity index is 377. The van der Waals surface area contributed by atoms with Crippen molar-refractivity contribution in [3.63, 3.8) is 0 Å². The van der Waals surface area contributed by atoms with Crippen LogP contribution in [0.1, 0.15) is 51.8 Å². The molecule has 1 saturated heterocycles. The highest BCUT2D eigenvalue weighted by Gasteiger charge is 2.22. The van der Waals surface area contributed by atoms with Gasteiger partial charge in [-0.2, -0.15) is 4.37 Å². The van der Waals surface area contributed by atoms with Crippen molar-refractivity contribution in [2.24, 2.45) is 5.92 Å². The van der Waals surface area contributed by atoms with Gasteiger partial charge in [0.05, 0.1) is 0 Å². The third kappa shape index (κ3) is 4.14. The van der Waals surface area contributed by atoms with Gasteiger partial charge >= 0.3 is 0 Å². The zero-order valence-corrected chi connectivity index (χ0v) is 13.2. The van der Waals surface area contributed by atoms with Gasteiger partial charge in [0.25, 0.3) is 0 Å². The summed E-state index contributed by atoms with van der Waals surface area (Å²) in [5.74, 6) is 2.18. The maximum atomic E-state index is 4.68.